The SMILES string of the molecule is CC(Nc1ncnc2cccnc12)c1cc2cc(F)ccc2c(=O)n1-c1ccccc1. The van der Waals surface area contributed by atoms with Crippen molar-refractivity contribution in [1.29, 1.82) is 0 Å². The van der Waals surface area contributed by atoms with Crippen molar-refractivity contribution in [2.75, 3.05) is 5.32 Å². The predicted molar refractivity (Wildman–Crippen MR) is 119 cm³/mol. The molecule has 3 aromatic heterocycles. The van der Waals surface area contributed by atoms with Gasteiger partial charge in [0.2, 0.25) is 0 Å². The zero-order valence-corrected chi connectivity index (χ0v) is 16.7. The molecule has 3 heterocycles. The summed E-state index contributed by atoms with van der Waals surface area (Å²) in [5.74, 6) is 0.173. The molecule has 1 N–H and O–H groups in total. The number of para-hydroxylation sites is 1. The number of fused-ring (bicyclic) bond motifs is 2. The summed E-state index contributed by atoms with van der Waals surface area (Å²) in [5.41, 5.74) is 2.55. The van der Waals surface area contributed by atoms with Gasteiger partial charge < -0.3 is 5.32 Å². The standard InChI is InChI=1S/C24H18FN5O/c1-15(29-23-22-20(27-14-28-23)8-5-11-26-22)21-13-16-12-17(25)9-10-19(16)24(31)30(21)18-6-3-2-4-7-18/h2-15H,1H3,(H,27,28,29). The van der Waals surface area contributed by atoms with E-state index < -0.39 is 0 Å². The fourth-order valence-corrected chi connectivity index (χ4v) is 3.75. The molecule has 0 fully saturated rings. The minimum atomic E-state index is -0.387. The van der Waals surface area contributed by atoms with Crippen LogP contribution in [0.5, 0.6) is 0 Å². The van der Waals surface area contributed by atoms with Crippen molar-refractivity contribution in [2.24, 2.45) is 0 Å². The minimum absolute atomic E-state index is 0.210. The predicted octanol–water partition coefficient (Wildman–Crippen LogP) is 4.64. The Morgan fingerprint density at radius 1 is 0.968 bits per heavy atom. The van der Waals surface area contributed by atoms with Crippen molar-refractivity contribution in [2.45, 2.75) is 13.0 Å². The van der Waals surface area contributed by atoms with Gasteiger partial charge in [-0.3, -0.25) is 14.3 Å². The van der Waals surface area contributed by atoms with Crippen molar-refractivity contribution >= 4 is 27.6 Å². The second-order valence-corrected chi connectivity index (χ2v) is 7.24. The first-order chi connectivity index (χ1) is 15.1. The van der Waals surface area contributed by atoms with Gasteiger partial charge in [0.25, 0.3) is 5.56 Å². The van der Waals surface area contributed by atoms with Crippen LogP contribution in [-0.4, -0.2) is 19.5 Å². The third kappa shape index (κ3) is 3.40. The van der Waals surface area contributed by atoms with Gasteiger partial charge in [-0.1, -0.05) is 18.2 Å². The maximum absolute atomic E-state index is 13.9. The molecule has 0 radical (unpaired) electrons. The number of anilines is 1. The maximum Gasteiger partial charge on any atom is 0.263 e. The fraction of sp³-hybridized carbons (Fsp3) is 0.0833. The summed E-state index contributed by atoms with van der Waals surface area (Å²) >= 11 is 0. The van der Waals surface area contributed by atoms with Crippen molar-refractivity contribution in [1.82, 2.24) is 19.5 Å². The molecule has 152 valence electrons. The minimum Gasteiger partial charge on any atom is -0.360 e. The second kappa shape index (κ2) is 7.60. The number of hydrogen-bond acceptors (Lipinski definition) is 5. The van der Waals surface area contributed by atoms with Crippen molar-refractivity contribution in [3.05, 3.63) is 101 Å². The molecule has 0 saturated carbocycles. The van der Waals surface area contributed by atoms with Gasteiger partial charge in [0.1, 0.15) is 17.7 Å². The fourth-order valence-electron chi connectivity index (χ4n) is 3.75. The lowest BCUT2D eigenvalue weighted by molar-refractivity contribution is 0.629. The number of hydrogen-bond donors (Lipinski definition) is 1. The van der Waals surface area contributed by atoms with E-state index in [2.05, 4.69) is 20.3 Å². The third-order valence-corrected chi connectivity index (χ3v) is 5.21. The maximum atomic E-state index is 13.9. The van der Waals surface area contributed by atoms with Crippen molar-refractivity contribution in [3.8, 4) is 5.69 Å². The lowest BCUT2D eigenvalue weighted by Gasteiger charge is -2.21. The van der Waals surface area contributed by atoms with Crippen LogP contribution in [0.2, 0.25) is 0 Å². The van der Waals surface area contributed by atoms with E-state index in [0.717, 1.165) is 5.69 Å². The highest BCUT2D eigenvalue weighted by Gasteiger charge is 2.18. The van der Waals surface area contributed by atoms with Crippen LogP contribution < -0.4 is 10.9 Å². The molecular weight excluding hydrogens is 393 g/mol. The summed E-state index contributed by atoms with van der Waals surface area (Å²) in [6.45, 7) is 1.93. The van der Waals surface area contributed by atoms with Crippen molar-refractivity contribution in [3.63, 3.8) is 0 Å². The van der Waals surface area contributed by atoms with Crippen LogP contribution in [0, 0.1) is 5.82 Å². The molecule has 2 aromatic carbocycles. The number of nitrogens with zero attached hydrogens (tertiary/aromatic N) is 4. The molecule has 1 unspecified atom stereocenters. The summed E-state index contributed by atoms with van der Waals surface area (Å²) < 4.78 is 15.5. The van der Waals surface area contributed by atoms with Gasteiger partial charge in [-0.2, -0.15) is 0 Å². The number of pyridine rings is 2. The van der Waals surface area contributed by atoms with E-state index in [1.54, 1.807) is 10.8 Å². The molecule has 0 amide bonds. The Balaban J connectivity index is 1.70. The Kier molecular flexibility index (Phi) is 4.63. The molecule has 0 bridgehead atoms. The first-order valence-corrected chi connectivity index (χ1v) is 9.85. The second-order valence-electron chi connectivity index (χ2n) is 7.24. The molecule has 5 aromatic rings. The number of rotatable bonds is 4. The largest absolute Gasteiger partial charge is 0.360 e. The lowest BCUT2D eigenvalue weighted by atomic mass is 10.1. The molecule has 5 rings (SSSR count). The van der Waals surface area contributed by atoms with E-state index in [0.29, 0.717) is 33.3 Å². The summed E-state index contributed by atoms with van der Waals surface area (Å²) in [6.07, 6.45) is 3.15. The van der Waals surface area contributed by atoms with Gasteiger partial charge in [-0.05, 0) is 60.8 Å². The van der Waals surface area contributed by atoms with Crippen LogP contribution in [0.15, 0.2) is 84.0 Å². The van der Waals surface area contributed by atoms with E-state index in [9.17, 15) is 9.18 Å². The highest BCUT2D eigenvalue weighted by molar-refractivity contribution is 5.85. The summed E-state index contributed by atoms with van der Waals surface area (Å²) in [5, 5.41) is 4.35. The molecule has 0 saturated heterocycles. The molecule has 0 aliphatic rings. The summed E-state index contributed by atoms with van der Waals surface area (Å²) in [4.78, 5) is 26.4. The van der Waals surface area contributed by atoms with Gasteiger partial charge >= 0.3 is 0 Å². The molecule has 0 aliphatic carbocycles. The Morgan fingerprint density at radius 2 is 1.81 bits per heavy atom. The van der Waals surface area contributed by atoms with E-state index in [1.807, 2.05) is 55.5 Å². The zero-order chi connectivity index (χ0) is 21.4. The smallest absolute Gasteiger partial charge is 0.263 e. The third-order valence-electron chi connectivity index (χ3n) is 5.21. The normalized spacial score (nSPS) is 12.2. The molecule has 0 aliphatic heterocycles. The quantitative estimate of drug-likeness (QED) is 0.466. The highest BCUT2D eigenvalue weighted by Crippen LogP contribution is 2.26. The highest BCUT2D eigenvalue weighted by atomic mass is 19.1. The van der Waals surface area contributed by atoms with Gasteiger partial charge in [0, 0.05) is 23.0 Å². The molecule has 7 heteroatoms. The average Bonchev–Trinajstić information content (AvgIpc) is 2.79. The monoisotopic (exact) mass is 411 g/mol. The van der Waals surface area contributed by atoms with Crippen LogP contribution in [0.3, 0.4) is 0 Å². The Bertz CT molecular complexity index is 1460. The number of benzene rings is 2. The molecule has 0 spiro atoms. The van der Waals surface area contributed by atoms with Gasteiger partial charge in [0.15, 0.2) is 5.82 Å². The van der Waals surface area contributed by atoms with Crippen LogP contribution in [-0.2, 0) is 0 Å². The van der Waals surface area contributed by atoms with Gasteiger partial charge in [0.05, 0.1) is 11.6 Å². The first kappa shape index (κ1) is 18.9. The van der Waals surface area contributed by atoms with Gasteiger partial charge in [-0.15, -0.1) is 0 Å². The Hall–Kier alpha value is -4.13. The molecule has 1 atom stereocenters. The summed E-state index contributed by atoms with van der Waals surface area (Å²) in [6, 6.07) is 18.8. The van der Waals surface area contributed by atoms with E-state index in [1.165, 1.54) is 24.5 Å². The van der Waals surface area contributed by atoms with E-state index in [-0.39, 0.29) is 17.4 Å². The average molecular weight is 411 g/mol. The topological polar surface area (TPSA) is 72.7 Å². The first-order valence-electron chi connectivity index (χ1n) is 9.85. The zero-order valence-electron chi connectivity index (χ0n) is 16.7. The van der Waals surface area contributed by atoms with Gasteiger partial charge in [-0.25, -0.2) is 14.4 Å². The Labute approximate surface area is 177 Å². The van der Waals surface area contributed by atoms with Crippen LogP contribution in [0.4, 0.5) is 10.2 Å². The van der Waals surface area contributed by atoms with Crippen molar-refractivity contribution < 1.29 is 4.39 Å². The van der Waals surface area contributed by atoms with Crippen LogP contribution >= 0.6 is 0 Å². The van der Waals surface area contributed by atoms with E-state index >= 15 is 0 Å². The number of halogens is 1. The van der Waals surface area contributed by atoms with E-state index in [4.69, 9.17) is 0 Å². The van der Waals surface area contributed by atoms with Crippen LogP contribution in [0.1, 0.15) is 18.7 Å². The molecule has 6 nitrogen and oxygen atoms in total. The summed E-state index contributed by atoms with van der Waals surface area (Å²) in [7, 11) is 0. The number of nitrogens with one attached hydrogen (secondary N) is 1. The Morgan fingerprint density at radius 3 is 2.65 bits per heavy atom. The molecule has 31 heavy (non-hydrogen) atoms. The number of aromatic nitrogens is 4. The van der Waals surface area contributed by atoms with Crippen LogP contribution in [0.25, 0.3) is 27.5 Å². The molecular formula is C24H18FN5O. The lowest BCUT2D eigenvalue weighted by Crippen LogP contribution is -2.25.